The largest absolute Gasteiger partial charge is 0.461 e. The second-order valence-corrected chi connectivity index (χ2v) is 5.55. The first-order valence-corrected chi connectivity index (χ1v) is 7.21. The van der Waals surface area contributed by atoms with Gasteiger partial charge in [0.25, 0.3) is 0 Å². The Hall–Kier alpha value is -1.40. The van der Waals surface area contributed by atoms with Crippen molar-refractivity contribution < 1.29 is 9.53 Å². The highest BCUT2D eigenvalue weighted by Gasteiger charge is 2.08. The quantitative estimate of drug-likeness (QED) is 0.479. The van der Waals surface area contributed by atoms with E-state index >= 15 is 0 Å². The van der Waals surface area contributed by atoms with Gasteiger partial charge in [-0.2, -0.15) is 0 Å². The number of hydrogen-bond acceptors (Lipinski definition) is 6. The lowest BCUT2D eigenvalue weighted by Gasteiger charge is -1.99. The van der Waals surface area contributed by atoms with Crippen LogP contribution < -0.4 is 0 Å². The minimum Gasteiger partial charge on any atom is -0.461 e. The fourth-order valence-electron chi connectivity index (χ4n) is 1.21. The number of pyridine rings is 1. The normalized spacial score (nSPS) is 11.2. The van der Waals surface area contributed by atoms with Crippen LogP contribution in [-0.2, 0) is 9.53 Å². The number of nitrogens with zero attached hydrogens (tertiary/aromatic N) is 2. The topological polar surface area (TPSA) is 52.1 Å². The molecule has 18 heavy (non-hydrogen) atoms. The van der Waals surface area contributed by atoms with E-state index < -0.39 is 0 Å². The highest BCUT2D eigenvalue weighted by molar-refractivity contribution is 8.01. The average Bonchev–Trinajstić information content (AvgIpc) is 2.79. The van der Waals surface area contributed by atoms with E-state index in [1.165, 1.54) is 23.1 Å². The molecule has 0 amide bonds. The summed E-state index contributed by atoms with van der Waals surface area (Å²) in [6.07, 6.45) is 5.38. The summed E-state index contributed by atoms with van der Waals surface area (Å²) >= 11 is 2.87. The van der Waals surface area contributed by atoms with E-state index in [2.05, 4.69) is 9.97 Å². The maximum absolute atomic E-state index is 11.4. The van der Waals surface area contributed by atoms with Crippen LogP contribution in [-0.4, -0.2) is 28.3 Å². The van der Waals surface area contributed by atoms with Crippen LogP contribution in [0, 0.1) is 0 Å². The predicted octanol–water partition coefficient (Wildman–Crippen LogP) is 2.90. The van der Waals surface area contributed by atoms with Crippen LogP contribution in [0.25, 0.3) is 10.3 Å². The van der Waals surface area contributed by atoms with Crippen LogP contribution in [0.4, 0.5) is 0 Å². The monoisotopic (exact) mass is 280 g/mol. The third-order valence-corrected chi connectivity index (χ3v) is 4.13. The lowest BCUT2D eigenvalue weighted by Crippen LogP contribution is -2.06. The summed E-state index contributed by atoms with van der Waals surface area (Å²) in [6, 6.07) is 3.76. The molecule has 2 aromatic heterocycles. The van der Waals surface area contributed by atoms with Crippen molar-refractivity contribution in [1.29, 1.82) is 0 Å². The Kier molecular flexibility index (Phi) is 4.72. The van der Waals surface area contributed by atoms with E-state index in [9.17, 15) is 4.79 Å². The van der Waals surface area contributed by atoms with Crippen molar-refractivity contribution in [1.82, 2.24) is 9.97 Å². The molecule has 0 unspecified atom stereocenters. The highest BCUT2D eigenvalue weighted by atomic mass is 32.2. The van der Waals surface area contributed by atoms with Crippen molar-refractivity contribution in [3.63, 3.8) is 0 Å². The van der Waals surface area contributed by atoms with Gasteiger partial charge in [-0.1, -0.05) is 35.3 Å². The zero-order valence-electron chi connectivity index (χ0n) is 9.83. The third-order valence-electron chi connectivity index (χ3n) is 2.04. The molecule has 0 aliphatic heterocycles. The Bertz CT molecular complexity index is 533. The third kappa shape index (κ3) is 3.54. The minimum absolute atomic E-state index is 0.231. The molecule has 0 bridgehead atoms. The molecule has 0 atom stereocenters. The summed E-state index contributed by atoms with van der Waals surface area (Å²) in [5, 5.41) is 0. The minimum atomic E-state index is -0.231. The Morgan fingerprint density at radius 2 is 2.50 bits per heavy atom. The van der Waals surface area contributed by atoms with Crippen LogP contribution in [0.2, 0.25) is 0 Å². The fourth-order valence-corrected chi connectivity index (χ4v) is 2.99. The van der Waals surface area contributed by atoms with E-state index in [1.54, 1.807) is 12.3 Å². The Morgan fingerprint density at radius 3 is 3.28 bits per heavy atom. The zero-order chi connectivity index (χ0) is 12.8. The summed E-state index contributed by atoms with van der Waals surface area (Å²) < 4.78 is 5.83. The number of fused-ring (bicyclic) bond motifs is 1. The summed E-state index contributed by atoms with van der Waals surface area (Å²) in [5.41, 5.74) is 0.868. The van der Waals surface area contributed by atoms with Crippen LogP contribution in [0.1, 0.15) is 6.92 Å². The smallest absolute Gasteiger partial charge is 0.316 e. The lowest BCUT2D eigenvalue weighted by atomic mass is 10.5. The van der Waals surface area contributed by atoms with Gasteiger partial charge >= 0.3 is 5.97 Å². The first-order chi connectivity index (χ1) is 8.79. The van der Waals surface area contributed by atoms with E-state index in [4.69, 9.17) is 4.74 Å². The van der Waals surface area contributed by atoms with Crippen LogP contribution in [0.3, 0.4) is 0 Å². The zero-order valence-corrected chi connectivity index (χ0v) is 11.5. The maximum Gasteiger partial charge on any atom is 0.316 e. The number of thioether (sulfide) groups is 1. The molecule has 0 saturated heterocycles. The summed E-state index contributed by atoms with van der Waals surface area (Å²) in [6.45, 7) is 2.22. The van der Waals surface area contributed by atoms with E-state index in [-0.39, 0.29) is 11.7 Å². The molecule has 4 nitrogen and oxygen atoms in total. The molecule has 0 aliphatic rings. The van der Waals surface area contributed by atoms with Crippen LogP contribution in [0.15, 0.2) is 34.8 Å². The van der Waals surface area contributed by atoms with Gasteiger partial charge in [-0.25, -0.2) is 9.97 Å². The van der Waals surface area contributed by atoms with Crippen molar-refractivity contribution in [2.75, 3.05) is 12.4 Å². The molecule has 6 heteroatoms. The number of allylic oxidation sites excluding steroid dienone is 1. The summed E-state index contributed by atoms with van der Waals surface area (Å²) in [4.78, 5) is 20.9. The van der Waals surface area contributed by atoms with Gasteiger partial charge in [-0.15, -0.1) is 0 Å². The lowest BCUT2D eigenvalue weighted by molar-refractivity contribution is -0.139. The standard InChI is InChI=1S/C12H12N2O2S2/c1-2-3-7-16-10(15)8-17-12-14-9-5-4-6-13-11(9)18-12/h2-6H,7-8H2,1H3. The Balaban J connectivity index is 1.88. The fraction of sp³-hybridized carbons (Fsp3) is 0.250. The Labute approximate surface area is 113 Å². The molecule has 2 rings (SSSR count). The van der Waals surface area contributed by atoms with Crippen molar-refractivity contribution in [3.8, 4) is 0 Å². The molecule has 0 spiro atoms. The molecule has 0 saturated carbocycles. The van der Waals surface area contributed by atoms with E-state index in [0.717, 1.165) is 14.7 Å². The van der Waals surface area contributed by atoms with Crippen molar-refractivity contribution >= 4 is 39.4 Å². The number of esters is 1. The SMILES string of the molecule is CC=CCOC(=O)CSc1nc2cccnc2s1. The second-order valence-electron chi connectivity index (χ2n) is 3.35. The molecule has 94 valence electrons. The molecule has 0 aromatic carbocycles. The first kappa shape index (κ1) is 13.0. The molecular weight excluding hydrogens is 268 g/mol. The number of ether oxygens (including phenoxy) is 1. The van der Waals surface area contributed by atoms with Gasteiger partial charge in [-0.05, 0) is 19.1 Å². The first-order valence-electron chi connectivity index (χ1n) is 5.40. The van der Waals surface area contributed by atoms with E-state index in [0.29, 0.717) is 6.61 Å². The molecule has 0 fully saturated rings. The van der Waals surface area contributed by atoms with Gasteiger partial charge in [0.1, 0.15) is 17.0 Å². The van der Waals surface area contributed by atoms with Gasteiger partial charge in [0.15, 0.2) is 4.34 Å². The summed E-state index contributed by atoms with van der Waals surface area (Å²) in [5.74, 6) is 0.0440. The van der Waals surface area contributed by atoms with Gasteiger partial charge in [0.05, 0.1) is 5.75 Å². The molecule has 2 heterocycles. The number of hydrogen-bond donors (Lipinski definition) is 0. The molecule has 0 radical (unpaired) electrons. The van der Waals surface area contributed by atoms with Crippen LogP contribution >= 0.6 is 23.1 Å². The second kappa shape index (κ2) is 6.51. The van der Waals surface area contributed by atoms with E-state index in [1.807, 2.05) is 25.1 Å². The molecule has 0 N–H and O–H groups in total. The van der Waals surface area contributed by atoms with Crippen molar-refractivity contribution in [3.05, 3.63) is 30.5 Å². The number of carbonyl (C=O) groups excluding carboxylic acids is 1. The van der Waals surface area contributed by atoms with Gasteiger partial charge < -0.3 is 4.74 Å². The Morgan fingerprint density at radius 1 is 1.61 bits per heavy atom. The van der Waals surface area contributed by atoms with Crippen LogP contribution in [0.5, 0.6) is 0 Å². The van der Waals surface area contributed by atoms with Gasteiger partial charge in [0.2, 0.25) is 0 Å². The van der Waals surface area contributed by atoms with Crippen molar-refractivity contribution in [2.24, 2.45) is 0 Å². The average molecular weight is 280 g/mol. The number of carbonyl (C=O) groups is 1. The van der Waals surface area contributed by atoms with Crippen molar-refractivity contribution in [2.45, 2.75) is 11.3 Å². The number of aromatic nitrogens is 2. The molecule has 0 aliphatic carbocycles. The van der Waals surface area contributed by atoms with Gasteiger partial charge in [0, 0.05) is 6.20 Å². The number of rotatable bonds is 5. The molecular formula is C12H12N2O2S2. The number of thiazole rings is 1. The van der Waals surface area contributed by atoms with Gasteiger partial charge in [-0.3, -0.25) is 4.79 Å². The highest BCUT2D eigenvalue weighted by Crippen LogP contribution is 2.27. The summed E-state index contributed by atoms with van der Waals surface area (Å²) in [7, 11) is 0. The maximum atomic E-state index is 11.4. The predicted molar refractivity (Wildman–Crippen MR) is 73.9 cm³/mol. The molecule has 2 aromatic rings.